The molecule has 0 amide bonds. The van der Waals surface area contributed by atoms with E-state index >= 15 is 0 Å². The summed E-state index contributed by atoms with van der Waals surface area (Å²) in [4.78, 5) is 3.54. The van der Waals surface area contributed by atoms with Crippen LogP contribution in [-0.2, 0) is 23.1 Å². The fourth-order valence-corrected chi connectivity index (χ4v) is 3.59. The van der Waals surface area contributed by atoms with Gasteiger partial charge in [0.2, 0.25) is 10.0 Å². The lowest BCUT2D eigenvalue weighted by atomic mass is 10.1. The van der Waals surface area contributed by atoms with E-state index in [1.54, 1.807) is 24.0 Å². The second kappa shape index (κ2) is 7.12. The lowest BCUT2D eigenvalue weighted by Gasteiger charge is -2.10. The first-order chi connectivity index (χ1) is 11.9. The summed E-state index contributed by atoms with van der Waals surface area (Å²) in [6.07, 6.45) is 3.06. The van der Waals surface area contributed by atoms with Crippen LogP contribution in [-0.4, -0.2) is 23.2 Å². The fraction of sp³-hybridized carbons (Fsp3) is 0.176. The summed E-state index contributed by atoms with van der Waals surface area (Å²) in [6.45, 7) is 2.32. The van der Waals surface area contributed by atoms with Crippen LogP contribution in [0.1, 0.15) is 16.7 Å². The Hall–Kier alpha value is -2.58. The number of aromatic nitrogens is 3. The highest BCUT2D eigenvalue weighted by atomic mass is 32.2. The van der Waals surface area contributed by atoms with Gasteiger partial charge >= 0.3 is 0 Å². The maximum absolute atomic E-state index is 13.8. The number of halogens is 1. The van der Waals surface area contributed by atoms with Crippen molar-refractivity contribution in [3.8, 4) is 0 Å². The molecule has 1 N–H and O–H groups in total. The standard InChI is InChI=1S/C17H17FN4O2S/c1-13-5-6-16(18)17(7-13)25(23,24)21-9-14-3-2-4-15(8-14)10-22-12-19-11-20-22/h2-8,11-12,21H,9-10H2,1H3. The van der Waals surface area contributed by atoms with Crippen molar-refractivity contribution >= 4 is 10.0 Å². The molecule has 3 aromatic rings. The van der Waals surface area contributed by atoms with Gasteiger partial charge in [-0.25, -0.2) is 27.2 Å². The lowest BCUT2D eigenvalue weighted by molar-refractivity contribution is 0.556. The first-order valence-corrected chi connectivity index (χ1v) is 9.08. The smallest absolute Gasteiger partial charge is 0.243 e. The normalized spacial score (nSPS) is 11.6. The van der Waals surface area contributed by atoms with Crippen molar-refractivity contribution in [2.75, 3.05) is 0 Å². The fourth-order valence-electron chi connectivity index (χ4n) is 2.41. The summed E-state index contributed by atoms with van der Waals surface area (Å²) in [5, 5.41) is 4.04. The van der Waals surface area contributed by atoms with Crippen LogP contribution >= 0.6 is 0 Å². The van der Waals surface area contributed by atoms with Crippen LogP contribution in [0.3, 0.4) is 0 Å². The summed E-state index contributed by atoms with van der Waals surface area (Å²) >= 11 is 0. The van der Waals surface area contributed by atoms with E-state index in [1.807, 2.05) is 18.2 Å². The predicted octanol–water partition coefficient (Wildman–Crippen LogP) is 2.25. The molecule has 0 saturated heterocycles. The number of aryl methyl sites for hydroxylation is 1. The van der Waals surface area contributed by atoms with E-state index in [9.17, 15) is 12.8 Å². The first-order valence-electron chi connectivity index (χ1n) is 7.60. The van der Waals surface area contributed by atoms with Crippen LogP contribution in [0.2, 0.25) is 0 Å². The minimum atomic E-state index is -3.93. The average molecular weight is 360 g/mol. The van der Waals surface area contributed by atoms with E-state index in [-0.39, 0.29) is 11.4 Å². The van der Waals surface area contributed by atoms with E-state index in [0.29, 0.717) is 12.1 Å². The molecule has 0 radical (unpaired) electrons. The van der Waals surface area contributed by atoms with Crippen molar-refractivity contribution in [1.82, 2.24) is 19.5 Å². The Morgan fingerprint density at radius 1 is 1.16 bits per heavy atom. The summed E-state index contributed by atoms with van der Waals surface area (Å²) in [5.74, 6) is -0.766. The molecule has 3 rings (SSSR count). The minimum Gasteiger partial charge on any atom is -0.249 e. The largest absolute Gasteiger partial charge is 0.249 e. The summed E-state index contributed by atoms with van der Waals surface area (Å²) in [6, 6.07) is 11.4. The monoisotopic (exact) mass is 360 g/mol. The van der Waals surface area contributed by atoms with Crippen molar-refractivity contribution < 1.29 is 12.8 Å². The van der Waals surface area contributed by atoms with Gasteiger partial charge in [0.05, 0.1) is 6.54 Å². The molecule has 8 heteroatoms. The highest BCUT2D eigenvalue weighted by molar-refractivity contribution is 7.89. The topological polar surface area (TPSA) is 76.9 Å². The van der Waals surface area contributed by atoms with Crippen molar-refractivity contribution in [2.24, 2.45) is 0 Å². The molecule has 130 valence electrons. The zero-order chi connectivity index (χ0) is 17.9. The van der Waals surface area contributed by atoms with Gasteiger partial charge in [-0.3, -0.25) is 0 Å². The van der Waals surface area contributed by atoms with Crippen LogP contribution in [0, 0.1) is 12.7 Å². The molecule has 0 spiro atoms. The van der Waals surface area contributed by atoms with Crippen LogP contribution in [0.15, 0.2) is 60.0 Å². The van der Waals surface area contributed by atoms with Gasteiger partial charge in [0.15, 0.2) is 0 Å². The van der Waals surface area contributed by atoms with E-state index in [4.69, 9.17) is 0 Å². The maximum atomic E-state index is 13.8. The summed E-state index contributed by atoms with van der Waals surface area (Å²) < 4.78 is 42.6. The maximum Gasteiger partial charge on any atom is 0.243 e. The molecule has 0 unspecified atom stereocenters. The third-order valence-corrected chi connectivity index (χ3v) is 5.06. The lowest BCUT2D eigenvalue weighted by Crippen LogP contribution is -2.24. The summed E-state index contributed by atoms with van der Waals surface area (Å²) in [7, 11) is -3.93. The third-order valence-electron chi connectivity index (χ3n) is 3.65. The molecule has 0 saturated carbocycles. The molecule has 25 heavy (non-hydrogen) atoms. The number of nitrogens with one attached hydrogen (secondary N) is 1. The molecule has 2 aromatic carbocycles. The Labute approximate surface area is 145 Å². The highest BCUT2D eigenvalue weighted by Crippen LogP contribution is 2.16. The molecule has 0 aliphatic rings. The number of benzene rings is 2. The minimum absolute atomic E-state index is 0.0703. The zero-order valence-corrected chi connectivity index (χ0v) is 14.4. The molecule has 0 aliphatic carbocycles. The van der Waals surface area contributed by atoms with Crippen LogP contribution in [0.25, 0.3) is 0 Å². The van der Waals surface area contributed by atoms with E-state index in [1.165, 1.54) is 18.5 Å². The molecule has 0 bridgehead atoms. The van der Waals surface area contributed by atoms with Crippen molar-refractivity contribution in [1.29, 1.82) is 0 Å². The van der Waals surface area contributed by atoms with Gasteiger partial charge in [-0.05, 0) is 35.7 Å². The molecule has 6 nitrogen and oxygen atoms in total. The average Bonchev–Trinajstić information content (AvgIpc) is 3.08. The quantitative estimate of drug-likeness (QED) is 0.731. The van der Waals surface area contributed by atoms with Crippen molar-refractivity contribution in [2.45, 2.75) is 24.9 Å². The Morgan fingerprint density at radius 3 is 2.72 bits per heavy atom. The molecule has 0 atom stereocenters. The van der Waals surface area contributed by atoms with Gasteiger partial charge in [0, 0.05) is 6.54 Å². The first kappa shape index (κ1) is 17.2. The third kappa shape index (κ3) is 4.28. The second-order valence-corrected chi connectivity index (χ2v) is 7.41. The number of sulfonamides is 1. The number of nitrogens with zero attached hydrogens (tertiary/aromatic N) is 3. The van der Waals surface area contributed by atoms with Gasteiger partial charge in [-0.1, -0.05) is 30.3 Å². The molecule has 0 aliphatic heterocycles. The zero-order valence-electron chi connectivity index (χ0n) is 13.6. The van der Waals surface area contributed by atoms with Crippen molar-refractivity contribution in [3.63, 3.8) is 0 Å². The SMILES string of the molecule is Cc1ccc(F)c(S(=O)(=O)NCc2cccc(Cn3cncn3)c2)c1. The Bertz CT molecular complexity index is 972. The summed E-state index contributed by atoms with van der Waals surface area (Å²) in [5.41, 5.74) is 2.41. The van der Waals surface area contributed by atoms with Gasteiger partial charge in [-0.2, -0.15) is 5.10 Å². The van der Waals surface area contributed by atoms with Crippen LogP contribution in [0.5, 0.6) is 0 Å². The Kier molecular flexibility index (Phi) is 4.91. The number of hydrogen-bond acceptors (Lipinski definition) is 4. The van der Waals surface area contributed by atoms with E-state index < -0.39 is 15.8 Å². The predicted molar refractivity (Wildman–Crippen MR) is 90.7 cm³/mol. The van der Waals surface area contributed by atoms with Gasteiger partial charge in [0.25, 0.3) is 0 Å². The van der Waals surface area contributed by atoms with Gasteiger partial charge in [-0.15, -0.1) is 0 Å². The Morgan fingerprint density at radius 2 is 1.96 bits per heavy atom. The second-order valence-electron chi connectivity index (χ2n) is 5.67. The number of rotatable bonds is 6. The molecule has 1 aromatic heterocycles. The highest BCUT2D eigenvalue weighted by Gasteiger charge is 2.18. The molecule has 1 heterocycles. The molecule has 0 fully saturated rings. The Balaban J connectivity index is 1.73. The van der Waals surface area contributed by atoms with Crippen molar-refractivity contribution in [3.05, 3.63) is 77.6 Å². The number of hydrogen-bond donors (Lipinski definition) is 1. The van der Waals surface area contributed by atoms with E-state index in [2.05, 4.69) is 14.8 Å². The van der Waals surface area contributed by atoms with Crippen LogP contribution < -0.4 is 4.72 Å². The van der Waals surface area contributed by atoms with E-state index in [0.717, 1.165) is 17.2 Å². The van der Waals surface area contributed by atoms with Gasteiger partial charge in [0.1, 0.15) is 23.4 Å². The van der Waals surface area contributed by atoms with Gasteiger partial charge < -0.3 is 0 Å². The molecular weight excluding hydrogens is 343 g/mol. The van der Waals surface area contributed by atoms with Crippen LogP contribution in [0.4, 0.5) is 4.39 Å². The molecular formula is C17H17FN4O2S.